The van der Waals surface area contributed by atoms with Crippen molar-refractivity contribution in [3.8, 4) is 11.1 Å². The van der Waals surface area contributed by atoms with Crippen LogP contribution in [0.25, 0.3) is 21.3 Å². The van der Waals surface area contributed by atoms with Crippen LogP contribution in [-0.4, -0.2) is 20.6 Å². The predicted octanol–water partition coefficient (Wildman–Crippen LogP) is 4.67. The Hall–Kier alpha value is -3.32. The van der Waals surface area contributed by atoms with Gasteiger partial charge in [-0.3, -0.25) is 9.36 Å². The number of benzene rings is 2. The van der Waals surface area contributed by atoms with E-state index >= 15 is 0 Å². The molecule has 5 nitrogen and oxygen atoms in total. The lowest BCUT2D eigenvalue weighted by Crippen LogP contribution is -2.45. The van der Waals surface area contributed by atoms with E-state index in [2.05, 4.69) is 4.98 Å². The molecule has 2 aromatic carbocycles. The maximum atomic E-state index is 13.6. The van der Waals surface area contributed by atoms with Gasteiger partial charge in [-0.1, -0.05) is 42.5 Å². The summed E-state index contributed by atoms with van der Waals surface area (Å²) < 4.78 is 14.6. The van der Waals surface area contributed by atoms with E-state index in [1.807, 2.05) is 30.3 Å². The van der Waals surface area contributed by atoms with Crippen LogP contribution in [0.2, 0.25) is 0 Å². The van der Waals surface area contributed by atoms with Crippen LogP contribution in [0.4, 0.5) is 4.39 Å². The highest BCUT2D eigenvalue weighted by molar-refractivity contribution is 7.17. The molecule has 0 amide bonds. The van der Waals surface area contributed by atoms with Gasteiger partial charge in [0, 0.05) is 17.4 Å². The Balaban J connectivity index is 1.99. The maximum absolute atomic E-state index is 13.6. The predicted molar refractivity (Wildman–Crippen MR) is 115 cm³/mol. The van der Waals surface area contributed by atoms with E-state index in [4.69, 9.17) is 0 Å². The van der Waals surface area contributed by atoms with Gasteiger partial charge in [0.15, 0.2) is 0 Å². The van der Waals surface area contributed by atoms with Crippen LogP contribution >= 0.6 is 11.3 Å². The van der Waals surface area contributed by atoms with Gasteiger partial charge in [0.1, 0.15) is 22.0 Å². The summed E-state index contributed by atoms with van der Waals surface area (Å²) in [7, 11) is 0. The molecule has 0 bridgehead atoms. The van der Waals surface area contributed by atoms with Crippen molar-refractivity contribution in [1.82, 2.24) is 9.55 Å². The SMILES string of the molecule is CC(C)(C(=O)O)n1c(Cc2ccccc2)nc2scc(-c3ccc(F)cc3)c2c1=O. The number of carboxylic acids is 1. The van der Waals surface area contributed by atoms with Crippen molar-refractivity contribution in [2.75, 3.05) is 0 Å². The molecule has 2 aromatic heterocycles. The molecule has 0 saturated heterocycles. The van der Waals surface area contributed by atoms with E-state index in [1.165, 1.54) is 41.9 Å². The van der Waals surface area contributed by atoms with Gasteiger partial charge in [-0.25, -0.2) is 14.2 Å². The molecular formula is C23H19FN2O3S. The average molecular weight is 422 g/mol. The number of fused-ring (bicyclic) bond motifs is 1. The Labute approximate surface area is 176 Å². The van der Waals surface area contributed by atoms with Gasteiger partial charge in [-0.05, 0) is 37.1 Å². The van der Waals surface area contributed by atoms with E-state index in [0.29, 0.717) is 33.6 Å². The second-order valence-electron chi connectivity index (χ2n) is 7.53. The first kappa shape index (κ1) is 20.0. The normalized spacial score (nSPS) is 11.7. The molecule has 0 aliphatic heterocycles. The summed E-state index contributed by atoms with van der Waals surface area (Å²) in [4.78, 5) is 30.8. The van der Waals surface area contributed by atoms with Gasteiger partial charge in [0.2, 0.25) is 0 Å². The van der Waals surface area contributed by atoms with Crippen LogP contribution in [0, 0.1) is 5.82 Å². The lowest BCUT2D eigenvalue weighted by Gasteiger charge is -2.25. The summed E-state index contributed by atoms with van der Waals surface area (Å²) in [6.45, 7) is 2.98. The van der Waals surface area contributed by atoms with Gasteiger partial charge < -0.3 is 5.11 Å². The molecule has 0 aliphatic carbocycles. The van der Waals surface area contributed by atoms with Gasteiger partial charge >= 0.3 is 5.97 Å². The summed E-state index contributed by atoms with van der Waals surface area (Å²) in [6.07, 6.45) is 0.326. The molecule has 0 atom stereocenters. The summed E-state index contributed by atoms with van der Waals surface area (Å²) >= 11 is 1.31. The highest BCUT2D eigenvalue weighted by Gasteiger charge is 2.34. The second-order valence-corrected chi connectivity index (χ2v) is 8.39. The summed E-state index contributed by atoms with van der Waals surface area (Å²) in [6, 6.07) is 15.3. The molecule has 0 radical (unpaired) electrons. The van der Waals surface area contributed by atoms with Crippen LogP contribution in [0.1, 0.15) is 25.2 Å². The van der Waals surface area contributed by atoms with Crippen molar-refractivity contribution in [3.63, 3.8) is 0 Å². The molecular weight excluding hydrogens is 403 g/mol. The number of aromatic nitrogens is 2. The first-order chi connectivity index (χ1) is 14.3. The molecule has 0 fully saturated rings. The summed E-state index contributed by atoms with van der Waals surface area (Å²) in [5.41, 5.74) is 0.309. The fraction of sp³-hybridized carbons (Fsp3) is 0.174. The number of hydrogen-bond donors (Lipinski definition) is 1. The van der Waals surface area contributed by atoms with E-state index < -0.39 is 17.1 Å². The average Bonchev–Trinajstić information content (AvgIpc) is 3.13. The third-order valence-electron chi connectivity index (χ3n) is 5.12. The fourth-order valence-corrected chi connectivity index (χ4v) is 4.40. The Morgan fingerprint density at radius 3 is 2.43 bits per heavy atom. The zero-order valence-electron chi connectivity index (χ0n) is 16.4. The molecule has 7 heteroatoms. The molecule has 30 heavy (non-hydrogen) atoms. The molecule has 0 spiro atoms. The number of thiophene rings is 1. The molecule has 1 N–H and O–H groups in total. The molecule has 0 aliphatic rings. The number of halogens is 1. The Morgan fingerprint density at radius 1 is 1.13 bits per heavy atom. The number of carboxylic acid groups (broad SMARTS) is 1. The third-order valence-corrected chi connectivity index (χ3v) is 5.99. The van der Waals surface area contributed by atoms with Gasteiger partial charge in [-0.2, -0.15) is 0 Å². The Morgan fingerprint density at radius 2 is 1.80 bits per heavy atom. The summed E-state index contributed by atoms with van der Waals surface area (Å²) in [5, 5.41) is 12.0. The monoisotopic (exact) mass is 422 g/mol. The van der Waals surface area contributed by atoms with Gasteiger partial charge in [0.05, 0.1) is 5.39 Å². The zero-order chi connectivity index (χ0) is 21.5. The van der Waals surface area contributed by atoms with Crippen LogP contribution in [0.3, 0.4) is 0 Å². The number of nitrogens with zero attached hydrogens (tertiary/aromatic N) is 2. The lowest BCUT2D eigenvalue weighted by atomic mass is 10.0. The van der Waals surface area contributed by atoms with Crippen LogP contribution in [0.15, 0.2) is 64.8 Å². The molecule has 4 aromatic rings. The minimum atomic E-state index is -1.50. The zero-order valence-corrected chi connectivity index (χ0v) is 17.2. The van der Waals surface area contributed by atoms with Gasteiger partial charge in [0.25, 0.3) is 5.56 Å². The van der Waals surface area contributed by atoms with E-state index in [-0.39, 0.29) is 5.82 Å². The van der Waals surface area contributed by atoms with E-state index in [0.717, 1.165) is 5.56 Å². The first-order valence-corrected chi connectivity index (χ1v) is 10.2. The minimum Gasteiger partial charge on any atom is -0.480 e. The summed E-state index contributed by atoms with van der Waals surface area (Å²) in [5.74, 6) is -1.11. The molecule has 0 unspecified atom stereocenters. The van der Waals surface area contributed by atoms with Crippen molar-refractivity contribution in [1.29, 1.82) is 0 Å². The number of rotatable bonds is 5. The highest BCUT2D eigenvalue weighted by atomic mass is 32.1. The standard InChI is InChI=1S/C23H19FN2O3S/c1-23(2,22(28)29)26-18(12-14-6-4-3-5-7-14)25-20-19(21(26)27)17(13-30-20)15-8-10-16(24)11-9-15/h3-11,13H,12H2,1-2H3,(H,28,29). The van der Waals surface area contributed by atoms with Gasteiger partial charge in [-0.15, -0.1) is 11.3 Å². The quantitative estimate of drug-likeness (QED) is 0.507. The number of carbonyl (C=O) groups is 1. The highest BCUT2D eigenvalue weighted by Crippen LogP contribution is 2.32. The topological polar surface area (TPSA) is 72.2 Å². The Bertz CT molecular complexity index is 1290. The molecule has 4 rings (SSSR count). The third kappa shape index (κ3) is 3.41. The number of hydrogen-bond acceptors (Lipinski definition) is 4. The van der Waals surface area contributed by atoms with Crippen molar-refractivity contribution in [3.05, 3.63) is 87.5 Å². The second kappa shape index (κ2) is 7.50. The smallest absolute Gasteiger partial charge is 0.329 e. The first-order valence-electron chi connectivity index (χ1n) is 9.36. The van der Waals surface area contributed by atoms with Crippen molar-refractivity contribution in [2.24, 2.45) is 0 Å². The van der Waals surface area contributed by atoms with Crippen LogP contribution in [0.5, 0.6) is 0 Å². The van der Waals surface area contributed by atoms with E-state index in [1.54, 1.807) is 17.5 Å². The maximum Gasteiger partial charge on any atom is 0.329 e. The van der Waals surface area contributed by atoms with Crippen LogP contribution in [-0.2, 0) is 16.8 Å². The van der Waals surface area contributed by atoms with E-state index in [9.17, 15) is 19.1 Å². The number of aliphatic carboxylic acids is 1. The molecule has 152 valence electrons. The lowest BCUT2D eigenvalue weighted by molar-refractivity contribution is -0.146. The molecule has 0 saturated carbocycles. The van der Waals surface area contributed by atoms with Crippen LogP contribution < -0.4 is 5.56 Å². The van der Waals surface area contributed by atoms with Crippen molar-refractivity contribution in [2.45, 2.75) is 25.8 Å². The van der Waals surface area contributed by atoms with Crippen molar-refractivity contribution >= 4 is 27.5 Å². The Kier molecular flexibility index (Phi) is 4.99. The minimum absolute atomic E-state index is 0.326. The molecule has 2 heterocycles. The fourth-order valence-electron chi connectivity index (χ4n) is 3.44. The van der Waals surface area contributed by atoms with Crippen molar-refractivity contribution < 1.29 is 14.3 Å². The largest absolute Gasteiger partial charge is 0.480 e.